The van der Waals surface area contributed by atoms with Crippen LogP contribution in [0.15, 0.2) is 23.9 Å². The van der Waals surface area contributed by atoms with Gasteiger partial charge in [0.1, 0.15) is 11.7 Å². The third kappa shape index (κ3) is 1.78. The number of aliphatic carboxylic acids is 1. The molecule has 0 radical (unpaired) electrons. The first-order valence-corrected chi connectivity index (χ1v) is 6.16. The van der Waals surface area contributed by atoms with E-state index in [1.54, 1.807) is 4.90 Å². The second-order valence-electron chi connectivity index (χ2n) is 5.16. The van der Waals surface area contributed by atoms with E-state index in [9.17, 15) is 19.5 Å². The molecule has 102 valence electrons. The Balaban J connectivity index is 0.00000110. The van der Waals surface area contributed by atoms with E-state index in [1.165, 1.54) is 17.9 Å². The van der Waals surface area contributed by atoms with Crippen molar-refractivity contribution in [3.63, 3.8) is 0 Å². The van der Waals surface area contributed by atoms with E-state index >= 15 is 0 Å². The van der Waals surface area contributed by atoms with Crippen LogP contribution in [0.5, 0.6) is 0 Å². The van der Waals surface area contributed by atoms with Crippen LogP contribution in [0.25, 0.3) is 0 Å². The Morgan fingerprint density at radius 1 is 1.50 bits per heavy atom. The fourth-order valence-corrected chi connectivity index (χ4v) is 3.48. The van der Waals surface area contributed by atoms with E-state index in [-0.39, 0.29) is 60.5 Å². The summed E-state index contributed by atoms with van der Waals surface area (Å²) in [6, 6.07) is -0.644. The molecule has 0 saturated carbocycles. The molecular formula is C13H15N2NaO4. The molecule has 20 heavy (non-hydrogen) atoms. The van der Waals surface area contributed by atoms with Crippen molar-refractivity contribution in [1.29, 1.82) is 0 Å². The summed E-state index contributed by atoms with van der Waals surface area (Å²) in [5.74, 6) is -1.42. The van der Waals surface area contributed by atoms with E-state index in [1.807, 2.05) is 0 Å². The van der Waals surface area contributed by atoms with Gasteiger partial charge in [-0.2, -0.15) is 0 Å². The Morgan fingerprint density at radius 3 is 2.65 bits per heavy atom. The number of rotatable bonds is 2. The van der Waals surface area contributed by atoms with Crippen molar-refractivity contribution < 1.29 is 50.5 Å². The first kappa shape index (κ1) is 15.3. The third-order valence-corrected chi connectivity index (χ3v) is 4.24. The third-order valence-electron chi connectivity index (χ3n) is 4.24. The molecule has 2 fully saturated rings. The van der Waals surface area contributed by atoms with E-state index in [2.05, 4.69) is 6.58 Å². The van der Waals surface area contributed by atoms with E-state index in [0.29, 0.717) is 18.5 Å². The van der Waals surface area contributed by atoms with Crippen molar-refractivity contribution in [2.75, 3.05) is 6.54 Å². The molecule has 0 bridgehead atoms. The van der Waals surface area contributed by atoms with Crippen LogP contribution in [0.1, 0.15) is 14.8 Å². The summed E-state index contributed by atoms with van der Waals surface area (Å²) in [5.41, 5.74) is 0.605. The smallest absolute Gasteiger partial charge is 1.00 e. The Labute approximate surface area is 139 Å². The second kappa shape index (κ2) is 5.02. The van der Waals surface area contributed by atoms with Crippen molar-refractivity contribution in [2.45, 2.75) is 25.4 Å². The van der Waals surface area contributed by atoms with Crippen molar-refractivity contribution in [1.82, 2.24) is 9.80 Å². The second-order valence-corrected chi connectivity index (χ2v) is 5.16. The van der Waals surface area contributed by atoms with E-state index in [0.717, 1.165) is 0 Å². The molecule has 6 nitrogen and oxygen atoms in total. The normalized spacial score (nSPS) is 30.4. The molecule has 3 aliphatic rings. The monoisotopic (exact) mass is 286 g/mol. The fraction of sp³-hybridized carbons (Fsp3) is 0.462. The number of carboxylic acids is 1. The molecule has 1 N–H and O–H groups in total. The number of β-lactam (4-membered cyclic amide) rings is 1. The maximum absolute atomic E-state index is 12.1. The minimum absolute atomic E-state index is 0. The van der Waals surface area contributed by atoms with Crippen LogP contribution in [0.4, 0.5) is 0 Å². The number of carboxylic acid groups (broad SMARTS) is 1. The number of hydrogen-bond donors (Lipinski definition) is 1. The maximum Gasteiger partial charge on any atom is 1.00 e. The molecule has 3 rings (SSSR count). The summed E-state index contributed by atoms with van der Waals surface area (Å²) in [5, 5.41) is 9.27. The topological polar surface area (TPSA) is 77.9 Å². The molecule has 0 aromatic rings. The van der Waals surface area contributed by atoms with E-state index < -0.39 is 12.0 Å². The number of carbonyl (C=O) groups excluding carboxylic acids is 2. The molecule has 0 aromatic heterocycles. The number of likely N-dealkylation sites (tertiary alicyclic amines) is 1. The van der Waals surface area contributed by atoms with Crippen LogP contribution >= 0.6 is 0 Å². The molecule has 2 amide bonds. The molecule has 0 aromatic carbocycles. The Hall–Kier alpha value is -1.11. The minimum atomic E-state index is -1.11. The molecule has 3 atom stereocenters. The van der Waals surface area contributed by atoms with Crippen LogP contribution in [0.2, 0.25) is 0 Å². The summed E-state index contributed by atoms with van der Waals surface area (Å²) in [6.45, 7) is 5.57. The largest absolute Gasteiger partial charge is 1.00 e. The van der Waals surface area contributed by atoms with Gasteiger partial charge in [-0.1, -0.05) is 12.7 Å². The molecule has 0 unspecified atom stereocenters. The van der Waals surface area contributed by atoms with Crippen LogP contribution in [-0.4, -0.2) is 51.3 Å². The maximum atomic E-state index is 12.1. The zero-order valence-electron chi connectivity index (χ0n) is 12.5. The Bertz CT molecular complexity index is 562. The van der Waals surface area contributed by atoms with Crippen molar-refractivity contribution in [3.8, 4) is 0 Å². The molecule has 0 spiro atoms. The first-order chi connectivity index (χ1) is 8.97. The van der Waals surface area contributed by atoms with Gasteiger partial charge < -0.3 is 11.4 Å². The van der Waals surface area contributed by atoms with Gasteiger partial charge in [0.05, 0.1) is 6.04 Å². The minimum Gasteiger partial charge on any atom is -1.00 e. The number of allylic oxidation sites excluding steroid dienone is 2. The van der Waals surface area contributed by atoms with Gasteiger partial charge >= 0.3 is 35.5 Å². The average Bonchev–Trinajstić information content (AvgIpc) is 2.72. The van der Waals surface area contributed by atoms with E-state index in [4.69, 9.17) is 0 Å². The Morgan fingerprint density at radius 2 is 2.15 bits per heavy atom. The van der Waals surface area contributed by atoms with Crippen molar-refractivity contribution in [3.05, 3.63) is 23.9 Å². The summed E-state index contributed by atoms with van der Waals surface area (Å²) in [6.07, 6.45) is 2.05. The SMILES string of the molecule is C=CC1=C(C(=O)O)N2C(=O)[C@@H]3[C@H]2[C@H](C1)CN3C(C)=O.[H-].[Na+]. The van der Waals surface area contributed by atoms with Crippen molar-refractivity contribution >= 4 is 17.8 Å². The van der Waals surface area contributed by atoms with Crippen molar-refractivity contribution in [2.24, 2.45) is 5.92 Å². The van der Waals surface area contributed by atoms with Crippen LogP contribution < -0.4 is 29.6 Å². The fourth-order valence-electron chi connectivity index (χ4n) is 3.48. The van der Waals surface area contributed by atoms with Gasteiger partial charge in [0, 0.05) is 19.4 Å². The molecule has 0 aliphatic carbocycles. The van der Waals surface area contributed by atoms with Gasteiger partial charge in [-0.15, -0.1) is 0 Å². The van der Waals surface area contributed by atoms with Gasteiger partial charge in [-0.3, -0.25) is 14.5 Å². The zero-order valence-corrected chi connectivity index (χ0v) is 13.5. The van der Waals surface area contributed by atoms with Gasteiger partial charge in [-0.25, -0.2) is 4.79 Å². The van der Waals surface area contributed by atoms with Crippen LogP contribution in [0, 0.1) is 5.92 Å². The number of nitrogens with zero attached hydrogens (tertiary/aromatic N) is 2. The number of hydrogen-bond acceptors (Lipinski definition) is 3. The summed E-state index contributed by atoms with van der Waals surface area (Å²) >= 11 is 0. The summed E-state index contributed by atoms with van der Waals surface area (Å²) in [7, 11) is 0. The van der Waals surface area contributed by atoms with Crippen LogP contribution in [0.3, 0.4) is 0 Å². The van der Waals surface area contributed by atoms with Gasteiger partial charge in [-0.05, 0) is 12.0 Å². The molecule has 2 saturated heterocycles. The quantitative estimate of drug-likeness (QED) is 0.436. The zero-order chi connectivity index (χ0) is 13.9. The van der Waals surface area contributed by atoms with Gasteiger partial charge in [0.2, 0.25) is 5.91 Å². The molecule has 7 heteroatoms. The average molecular weight is 286 g/mol. The standard InChI is InChI=1S/C13H14N2O4.Na.H/c1-3-7-4-8-5-14(6(2)16)11-9(8)15(12(11)17)10(7)13(18)19;;/h3,8-9,11H,1,4-5H2,2H3,(H,18,19);;/q;+1;-1/t8-,9-,11+;;/m1../s1. The summed E-state index contributed by atoms with van der Waals surface area (Å²) in [4.78, 5) is 37.9. The molecule has 3 heterocycles. The van der Waals surface area contributed by atoms with Gasteiger partial charge in [0.15, 0.2) is 0 Å². The number of carbonyl (C=O) groups is 3. The Kier molecular flexibility index (Phi) is 3.83. The van der Waals surface area contributed by atoms with Crippen LogP contribution in [-0.2, 0) is 14.4 Å². The predicted octanol–water partition coefficient (Wildman–Crippen LogP) is -2.91. The first-order valence-electron chi connectivity index (χ1n) is 6.16. The summed E-state index contributed by atoms with van der Waals surface area (Å²) < 4.78 is 0. The molecule has 3 aliphatic heterocycles. The number of amides is 2. The molecular weight excluding hydrogens is 271 g/mol. The van der Waals surface area contributed by atoms with Gasteiger partial charge in [0.25, 0.3) is 5.91 Å². The predicted molar refractivity (Wildman–Crippen MR) is 65.9 cm³/mol.